The number of fused-ring (bicyclic) bond motifs is 1. The van der Waals surface area contributed by atoms with E-state index >= 15 is 0 Å². The molecule has 1 aromatic heterocycles. The van der Waals surface area contributed by atoms with Crippen molar-refractivity contribution < 1.29 is 4.39 Å². The Morgan fingerprint density at radius 2 is 1.84 bits per heavy atom. The summed E-state index contributed by atoms with van der Waals surface area (Å²) in [6, 6.07) is 10.6. The molecule has 0 radical (unpaired) electrons. The molecule has 3 aromatic rings. The van der Waals surface area contributed by atoms with E-state index in [1.54, 1.807) is 10.6 Å². The number of aromatic nitrogens is 2. The third-order valence-corrected chi connectivity index (χ3v) is 4.09. The van der Waals surface area contributed by atoms with Gasteiger partial charge in [0.15, 0.2) is 0 Å². The van der Waals surface area contributed by atoms with Gasteiger partial charge in [0.25, 0.3) is 0 Å². The molecule has 1 heterocycles. The number of para-hydroxylation sites is 1. The molecule has 2 N–H and O–H groups in total. The van der Waals surface area contributed by atoms with Gasteiger partial charge in [0, 0.05) is 10.5 Å². The Kier molecular flexibility index (Phi) is 3.06. The molecule has 0 fully saturated rings. The summed E-state index contributed by atoms with van der Waals surface area (Å²) in [6.45, 7) is 0. The molecule has 6 heteroatoms. The van der Waals surface area contributed by atoms with E-state index in [4.69, 9.17) is 5.73 Å². The van der Waals surface area contributed by atoms with E-state index in [9.17, 15) is 4.39 Å². The van der Waals surface area contributed by atoms with Crippen LogP contribution in [0, 0.1) is 5.82 Å². The fraction of sp³-hybridized carbons (Fsp3) is 0. The molecule has 0 saturated heterocycles. The van der Waals surface area contributed by atoms with Crippen LogP contribution in [0.25, 0.3) is 16.7 Å². The standard InChI is InChI=1S/C13H8Br2FN3/c14-7-3-1-2-4-11(7)19-12-6-9(16)8(15)5-10(12)18-13(19)17/h1-6H,(H2,17,18). The predicted octanol–water partition coefficient (Wildman–Crippen LogP) is 4.27. The zero-order valence-electron chi connectivity index (χ0n) is 9.57. The van der Waals surface area contributed by atoms with Crippen LogP contribution >= 0.6 is 31.9 Å². The molecule has 19 heavy (non-hydrogen) atoms. The molecule has 0 aliphatic rings. The van der Waals surface area contributed by atoms with E-state index in [2.05, 4.69) is 36.8 Å². The highest BCUT2D eigenvalue weighted by Crippen LogP contribution is 2.30. The molecular formula is C13H8Br2FN3. The number of nitrogens with zero attached hydrogens (tertiary/aromatic N) is 2. The summed E-state index contributed by atoms with van der Waals surface area (Å²) in [7, 11) is 0. The predicted molar refractivity (Wildman–Crippen MR) is 80.8 cm³/mol. The third kappa shape index (κ3) is 2.04. The van der Waals surface area contributed by atoms with Crippen molar-refractivity contribution >= 4 is 48.8 Å². The fourth-order valence-corrected chi connectivity index (χ4v) is 2.77. The first-order valence-electron chi connectivity index (χ1n) is 5.46. The number of nitrogen functional groups attached to an aromatic ring is 1. The minimum absolute atomic E-state index is 0.319. The van der Waals surface area contributed by atoms with Crippen LogP contribution in [0.15, 0.2) is 45.3 Å². The summed E-state index contributed by atoms with van der Waals surface area (Å²) >= 11 is 6.61. The van der Waals surface area contributed by atoms with Gasteiger partial charge in [-0.25, -0.2) is 9.37 Å². The lowest BCUT2D eigenvalue weighted by Gasteiger charge is -2.08. The molecule has 96 valence electrons. The first-order valence-corrected chi connectivity index (χ1v) is 7.04. The Morgan fingerprint density at radius 1 is 1.11 bits per heavy atom. The average Bonchev–Trinajstić information content (AvgIpc) is 2.66. The molecule has 3 nitrogen and oxygen atoms in total. The number of hydrogen-bond acceptors (Lipinski definition) is 2. The van der Waals surface area contributed by atoms with Gasteiger partial charge in [0.2, 0.25) is 5.95 Å². The number of hydrogen-bond donors (Lipinski definition) is 1. The molecule has 0 atom stereocenters. The first-order chi connectivity index (χ1) is 9.08. The maximum Gasteiger partial charge on any atom is 0.205 e. The second kappa shape index (κ2) is 4.61. The molecule has 2 aromatic carbocycles. The summed E-state index contributed by atoms with van der Waals surface area (Å²) in [5.74, 6) is -0.0277. The number of rotatable bonds is 1. The van der Waals surface area contributed by atoms with E-state index < -0.39 is 0 Å². The van der Waals surface area contributed by atoms with Gasteiger partial charge in [-0.05, 0) is 50.1 Å². The van der Waals surface area contributed by atoms with E-state index in [0.29, 0.717) is 21.5 Å². The first kappa shape index (κ1) is 12.6. The molecule has 0 bridgehead atoms. The van der Waals surface area contributed by atoms with Gasteiger partial charge in [-0.15, -0.1) is 0 Å². The SMILES string of the molecule is Nc1nc2cc(Br)c(F)cc2n1-c1ccccc1Br. The van der Waals surface area contributed by atoms with Crippen LogP contribution in [0.4, 0.5) is 10.3 Å². The lowest BCUT2D eigenvalue weighted by molar-refractivity contribution is 0.622. The Balaban J connectivity index is 2.38. The maximum atomic E-state index is 13.7. The maximum absolute atomic E-state index is 13.7. The Labute approximate surface area is 125 Å². The largest absolute Gasteiger partial charge is 0.369 e. The number of nitrogens with two attached hydrogens (primary N) is 1. The normalized spacial score (nSPS) is 11.1. The average molecular weight is 385 g/mol. The van der Waals surface area contributed by atoms with Gasteiger partial charge in [-0.3, -0.25) is 4.57 Å². The number of imidazole rings is 1. The molecule has 0 aliphatic carbocycles. The van der Waals surface area contributed by atoms with Crippen molar-refractivity contribution in [2.24, 2.45) is 0 Å². The smallest absolute Gasteiger partial charge is 0.205 e. The Hall–Kier alpha value is -1.40. The minimum Gasteiger partial charge on any atom is -0.369 e. The second-order valence-corrected chi connectivity index (χ2v) is 5.72. The number of halogens is 3. The van der Waals surface area contributed by atoms with Crippen molar-refractivity contribution in [3.63, 3.8) is 0 Å². The van der Waals surface area contributed by atoms with Crippen molar-refractivity contribution in [2.45, 2.75) is 0 Å². The molecule has 0 spiro atoms. The second-order valence-electron chi connectivity index (χ2n) is 4.01. The van der Waals surface area contributed by atoms with Gasteiger partial charge < -0.3 is 5.73 Å². The molecule has 0 aliphatic heterocycles. The highest BCUT2D eigenvalue weighted by molar-refractivity contribution is 9.10. The monoisotopic (exact) mass is 383 g/mol. The van der Waals surface area contributed by atoms with Crippen molar-refractivity contribution in [3.8, 4) is 5.69 Å². The Bertz CT molecular complexity index is 783. The zero-order chi connectivity index (χ0) is 13.6. The van der Waals surface area contributed by atoms with Crippen LogP contribution in [0.3, 0.4) is 0 Å². The molecular weight excluding hydrogens is 377 g/mol. The van der Waals surface area contributed by atoms with Gasteiger partial charge in [0.05, 0.1) is 21.2 Å². The summed E-state index contributed by atoms with van der Waals surface area (Å²) in [6.07, 6.45) is 0. The topological polar surface area (TPSA) is 43.8 Å². The summed E-state index contributed by atoms with van der Waals surface area (Å²) in [5.41, 5.74) is 8.04. The van der Waals surface area contributed by atoms with Gasteiger partial charge >= 0.3 is 0 Å². The summed E-state index contributed by atoms with van der Waals surface area (Å²) < 4.78 is 16.7. The minimum atomic E-state index is -0.347. The lowest BCUT2D eigenvalue weighted by atomic mass is 10.2. The van der Waals surface area contributed by atoms with Crippen LogP contribution in [0.1, 0.15) is 0 Å². The molecule has 0 saturated carbocycles. The lowest BCUT2D eigenvalue weighted by Crippen LogP contribution is -2.01. The zero-order valence-corrected chi connectivity index (χ0v) is 12.7. The third-order valence-electron chi connectivity index (χ3n) is 2.82. The molecule has 0 amide bonds. The number of benzene rings is 2. The van der Waals surface area contributed by atoms with Crippen LogP contribution in [-0.4, -0.2) is 9.55 Å². The number of anilines is 1. The van der Waals surface area contributed by atoms with E-state index in [1.165, 1.54) is 6.07 Å². The van der Waals surface area contributed by atoms with Crippen LogP contribution in [-0.2, 0) is 0 Å². The van der Waals surface area contributed by atoms with Crippen LogP contribution < -0.4 is 5.73 Å². The van der Waals surface area contributed by atoms with Gasteiger partial charge in [-0.1, -0.05) is 12.1 Å². The van der Waals surface area contributed by atoms with Gasteiger partial charge in [-0.2, -0.15) is 0 Å². The van der Waals surface area contributed by atoms with E-state index in [-0.39, 0.29) is 5.82 Å². The van der Waals surface area contributed by atoms with Crippen molar-refractivity contribution in [1.29, 1.82) is 0 Å². The fourth-order valence-electron chi connectivity index (χ4n) is 1.98. The highest BCUT2D eigenvalue weighted by atomic mass is 79.9. The van der Waals surface area contributed by atoms with Crippen molar-refractivity contribution in [1.82, 2.24) is 9.55 Å². The van der Waals surface area contributed by atoms with Crippen molar-refractivity contribution in [3.05, 3.63) is 51.2 Å². The molecule has 0 unspecified atom stereocenters. The summed E-state index contributed by atoms with van der Waals surface area (Å²) in [5, 5.41) is 0. The van der Waals surface area contributed by atoms with Crippen LogP contribution in [0.2, 0.25) is 0 Å². The quantitative estimate of drug-likeness (QED) is 0.680. The van der Waals surface area contributed by atoms with Crippen molar-refractivity contribution in [2.75, 3.05) is 5.73 Å². The Morgan fingerprint density at radius 3 is 2.58 bits per heavy atom. The summed E-state index contributed by atoms with van der Waals surface area (Å²) in [4.78, 5) is 4.26. The van der Waals surface area contributed by atoms with E-state index in [0.717, 1.165) is 10.2 Å². The van der Waals surface area contributed by atoms with E-state index in [1.807, 2.05) is 24.3 Å². The van der Waals surface area contributed by atoms with Crippen LogP contribution in [0.5, 0.6) is 0 Å². The van der Waals surface area contributed by atoms with Gasteiger partial charge in [0.1, 0.15) is 5.82 Å². The highest BCUT2D eigenvalue weighted by Gasteiger charge is 2.14. The molecule has 3 rings (SSSR count).